The van der Waals surface area contributed by atoms with Gasteiger partial charge in [0, 0.05) is 11.6 Å². The van der Waals surface area contributed by atoms with Gasteiger partial charge in [0.15, 0.2) is 5.11 Å². The third-order valence-corrected chi connectivity index (χ3v) is 5.63. The maximum absolute atomic E-state index is 13.3. The second-order valence-electron chi connectivity index (χ2n) is 6.41. The molecule has 0 saturated carbocycles. The Hall–Kier alpha value is -2.71. The molecule has 150 valence electrons. The molecule has 0 atom stereocenters. The van der Waals surface area contributed by atoms with Crippen molar-refractivity contribution in [3.8, 4) is 11.5 Å². The van der Waals surface area contributed by atoms with E-state index in [9.17, 15) is 9.59 Å². The molecule has 3 rings (SSSR count). The third kappa shape index (κ3) is 3.90. The number of carbonyl (C=O) groups is 2. The van der Waals surface area contributed by atoms with E-state index >= 15 is 0 Å². The van der Waals surface area contributed by atoms with E-state index < -0.39 is 11.8 Å². The van der Waals surface area contributed by atoms with Crippen LogP contribution in [0.3, 0.4) is 0 Å². The molecular formula is C21H19BrN2O4S. The van der Waals surface area contributed by atoms with Gasteiger partial charge >= 0.3 is 0 Å². The van der Waals surface area contributed by atoms with Crippen molar-refractivity contribution in [2.45, 2.75) is 13.8 Å². The summed E-state index contributed by atoms with van der Waals surface area (Å²) >= 11 is 8.70. The van der Waals surface area contributed by atoms with Gasteiger partial charge in [0.05, 0.1) is 24.4 Å². The summed E-state index contributed by atoms with van der Waals surface area (Å²) in [6, 6.07) is 8.99. The molecule has 1 heterocycles. The van der Waals surface area contributed by atoms with Crippen LogP contribution in [-0.4, -0.2) is 31.1 Å². The first-order valence-electron chi connectivity index (χ1n) is 8.67. The Kier molecular flexibility index (Phi) is 6.04. The average Bonchev–Trinajstić information content (AvgIpc) is 2.68. The first-order chi connectivity index (χ1) is 13.8. The van der Waals surface area contributed by atoms with Gasteiger partial charge < -0.3 is 9.47 Å². The van der Waals surface area contributed by atoms with Crippen molar-refractivity contribution in [2.75, 3.05) is 19.1 Å². The molecule has 8 heteroatoms. The fraction of sp³-hybridized carbons (Fsp3) is 0.190. The van der Waals surface area contributed by atoms with Gasteiger partial charge in [-0.25, -0.2) is 0 Å². The van der Waals surface area contributed by atoms with Crippen molar-refractivity contribution in [1.29, 1.82) is 0 Å². The standard InChI is InChI=1S/C21H19BrN2O4S/c1-11-6-5-7-16(12(11)2)24-20(26)14(19(25)23-21(24)29)8-13-9-15(22)18(28-4)10-17(13)27-3/h5-10H,1-4H3,(H,23,25,29)/b14-8+. The molecule has 2 amide bonds. The number of halogens is 1. The number of hydrogen-bond acceptors (Lipinski definition) is 5. The Morgan fingerprint density at radius 1 is 1.10 bits per heavy atom. The van der Waals surface area contributed by atoms with Gasteiger partial charge in [-0.15, -0.1) is 0 Å². The highest BCUT2D eigenvalue weighted by atomic mass is 79.9. The number of hydrogen-bond donors (Lipinski definition) is 1. The van der Waals surface area contributed by atoms with Crippen molar-refractivity contribution < 1.29 is 19.1 Å². The van der Waals surface area contributed by atoms with Crippen LogP contribution < -0.4 is 19.7 Å². The number of nitrogens with zero attached hydrogens (tertiary/aromatic N) is 1. The quantitative estimate of drug-likeness (QED) is 0.413. The predicted molar refractivity (Wildman–Crippen MR) is 119 cm³/mol. The second-order valence-corrected chi connectivity index (χ2v) is 7.65. The summed E-state index contributed by atoms with van der Waals surface area (Å²) in [6.45, 7) is 3.86. The van der Waals surface area contributed by atoms with Crippen molar-refractivity contribution in [3.05, 3.63) is 57.1 Å². The summed E-state index contributed by atoms with van der Waals surface area (Å²) in [5, 5.41) is 2.65. The highest BCUT2D eigenvalue weighted by Crippen LogP contribution is 2.35. The fourth-order valence-electron chi connectivity index (χ4n) is 3.01. The van der Waals surface area contributed by atoms with Crippen molar-refractivity contribution in [2.24, 2.45) is 0 Å². The van der Waals surface area contributed by atoms with E-state index in [1.165, 1.54) is 18.1 Å². The van der Waals surface area contributed by atoms with Gasteiger partial charge in [-0.3, -0.25) is 19.8 Å². The summed E-state index contributed by atoms with van der Waals surface area (Å²) < 4.78 is 11.3. The van der Waals surface area contributed by atoms with Crippen LogP contribution in [0.15, 0.2) is 40.4 Å². The molecule has 2 aromatic rings. The molecule has 0 spiro atoms. The number of rotatable bonds is 4. The lowest BCUT2D eigenvalue weighted by molar-refractivity contribution is -0.122. The highest BCUT2D eigenvalue weighted by molar-refractivity contribution is 9.10. The van der Waals surface area contributed by atoms with Crippen LogP contribution in [0.2, 0.25) is 0 Å². The molecule has 1 fully saturated rings. The van der Waals surface area contributed by atoms with Crippen LogP contribution >= 0.6 is 28.1 Å². The number of methoxy groups -OCH3 is 2. The lowest BCUT2D eigenvalue weighted by Crippen LogP contribution is -2.54. The normalized spacial score (nSPS) is 15.6. The van der Waals surface area contributed by atoms with Crippen molar-refractivity contribution in [3.63, 3.8) is 0 Å². The van der Waals surface area contributed by atoms with Crippen LogP contribution in [0.5, 0.6) is 11.5 Å². The number of benzene rings is 2. The van der Waals surface area contributed by atoms with Gasteiger partial charge in [0.2, 0.25) is 0 Å². The molecule has 0 bridgehead atoms. The van der Waals surface area contributed by atoms with Crippen LogP contribution in [-0.2, 0) is 9.59 Å². The minimum absolute atomic E-state index is 0.0464. The molecule has 29 heavy (non-hydrogen) atoms. The maximum Gasteiger partial charge on any atom is 0.270 e. The predicted octanol–water partition coefficient (Wildman–Crippen LogP) is 3.91. The second kappa shape index (κ2) is 8.34. The molecular weight excluding hydrogens is 456 g/mol. The SMILES string of the molecule is COc1cc(OC)c(/C=C2\C(=O)NC(=S)N(c3cccc(C)c3C)C2=O)cc1Br. The fourth-order valence-corrected chi connectivity index (χ4v) is 3.80. The smallest absolute Gasteiger partial charge is 0.270 e. The van der Waals surface area contributed by atoms with Crippen molar-refractivity contribution >= 4 is 56.8 Å². The average molecular weight is 475 g/mol. The van der Waals surface area contributed by atoms with Gasteiger partial charge in [0.1, 0.15) is 17.1 Å². The van der Waals surface area contributed by atoms with Gasteiger partial charge in [-0.05, 0) is 71.3 Å². The maximum atomic E-state index is 13.3. The topological polar surface area (TPSA) is 67.9 Å². The Bertz CT molecular complexity index is 1060. The monoisotopic (exact) mass is 474 g/mol. The lowest BCUT2D eigenvalue weighted by atomic mass is 10.0. The molecule has 0 unspecified atom stereocenters. The summed E-state index contributed by atoms with van der Waals surface area (Å²) in [4.78, 5) is 27.2. The van der Waals surface area contributed by atoms with Crippen LogP contribution in [0.25, 0.3) is 6.08 Å². The Balaban J connectivity index is 2.11. The number of anilines is 1. The summed E-state index contributed by atoms with van der Waals surface area (Å²) in [5.41, 5.74) is 3.06. The van der Waals surface area contributed by atoms with Crippen LogP contribution in [0.4, 0.5) is 5.69 Å². The molecule has 0 radical (unpaired) electrons. The largest absolute Gasteiger partial charge is 0.496 e. The van der Waals surface area contributed by atoms with E-state index in [0.717, 1.165) is 11.1 Å². The van der Waals surface area contributed by atoms with Crippen LogP contribution in [0, 0.1) is 13.8 Å². The first-order valence-corrected chi connectivity index (χ1v) is 9.87. The Morgan fingerprint density at radius 3 is 2.45 bits per heavy atom. The van der Waals surface area contributed by atoms with Crippen LogP contribution in [0.1, 0.15) is 16.7 Å². The summed E-state index contributed by atoms with van der Waals surface area (Å²) in [5.74, 6) is -0.0248. The van der Waals surface area contributed by atoms with Gasteiger partial charge in [-0.2, -0.15) is 0 Å². The number of amides is 2. The molecule has 6 nitrogen and oxygen atoms in total. The minimum Gasteiger partial charge on any atom is -0.496 e. The van der Waals surface area contributed by atoms with E-state index in [2.05, 4.69) is 21.2 Å². The lowest BCUT2D eigenvalue weighted by Gasteiger charge is -2.30. The molecule has 1 saturated heterocycles. The molecule has 2 aromatic carbocycles. The Morgan fingerprint density at radius 2 is 1.79 bits per heavy atom. The number of nitrogens with one attached hydrogen (secondary N) is 1. The molecule has 0 aliphatic carbocycles. The molecule has 1 N–H and O–H groups in total. The zero-order valence-corrected chi connectivity index (χ0v) is 18.7. The molecule has 1 aliphatic heterocycles. The Labute approximate surface area is 182 Å². The summed E-state index contributed by atoms with van der Waals surface area (Å²) in [7, 11) is 3.05. The number of carbonyl (C=O) groups excluding carboxylic acids is 2. The van der Waals surface area contributed by atoms with Gasteiger partial charge in [-0.1, -0.05) is 12.1 Å². The third-order valence-electron chi connectivity index (χ3n) is 4.72. The molecule has 0 aromatic heterocycles. The van der Waals surface area contributed by atoms with E-state index in [1.54, 1.807) is 25.3 Å². The zero-order valence-electron chi connectivity index (χ0n) is 16.3. The van der Waals surface area contributed by atoms with Gasteiger partial charge in [0.25, 0.3) is 11.8 Å². The van der Waals surface area contributed by atoms with E-state index in [0.29, 0.717) is 27.2 Å². The van der Waals surface area contributed by atoms with E-state index in [-0.39, 0.29) is 10.7 Å². The zero-order chi connectivity index (χ0) is 21.3. The number of ether oxygens (including phenoxy) is 2. The van der Waals surface area contributed by atoms with E-state index in [4.69, 9.17) is 21.7 Å². The number of aryl methyl sites for hydroxylation is 1. The molecule has 1 aliphatic rings. The highest BCUT2D eigenvalue weighted by Gasteiger charge is 2.35. The minimum atomic E-state index is -0.560. The van der Waals surface area contributed by atoms with E-state index in [1.807, 2.05) is 26.0 Å². The number of thiocarbonyl (C=S) groups is 1. The first kappa shape index (κ1) is 21.0. The summed E-state index contributed by atoms with van der Waals surface area (Å²) in [6.07, 6.45) is 1.49. The van der Waals surface area contributed by atoms with Crippen molar-refractivity contribution in [1.82, 2.24) is 5.32 Å².